The molecule has 1 heterocycles. The predicted octanol–water partition coefficient (Wildman–Crippen LogP) is 3.50. The Morgan fingerprint density at radius 1 is 1.14 bits per heavy atom. The van der Waals surface area contributed by atoms with E-state index < -0.39 is 0 Å². The van der Waals surface area contributed by atoms with Gasteiger partial charge in [-0.2, -0.15) is 5.26 Å². The van der Waals surface area contributed by atoms with Crippen molar-refractivity contribution in [3.05, 3.63) is 52.9 Å². The quantitative estimate of drug-likeness (QED) is 0.753. The molecule has 3 rings (SSSR count). The number of benzene rings is 2. The molecule has 2 aromatic rings. The molecule has 0 unspecified atom stereocenters. The van der Waals surface area contributed by atoms with Gasteiger partial charge in [-0.05, 0) is 59.8 Å². The van der Waals surface area contributed by atoms with Crippen molar-refractivity contribution in [2.45, 2.75) is 0 Å². The summed E-state index contributed by atoms with van der Waals surface area (Å²) >= 11 is 1.25. The fraction of sp³-hybridized carbons (Fsp3) is 0.150. The van der Waals surface area contributed by atoms with Crippen LogP contribution in [0.5, 0.6) is 17.2 Å². The Labute approximate surface area is 166 Å². The van der Waals surface area contributed by atoms with Gasteiger partial charge in [0, 0.05) is 0 Å². The van der Waals surface area contributed by atoms with E-state index in [0.29, 0.717) is 27.3 Å². The first-order chi connectivity index (χ1) is 13.6. The highest BCUT2D eigenvalue weighted by Gasteiger charge is 2.24. The molecule has 0 bridgehead atoms. The maximum absolute atomic E-state index is 12.2. The van der Waals surface area contributed by atoms with Gasteiger partial charge in [-0.3, -0.25) is 4.79 Å². The van der Waals surface area contributed by atoms with Gasteiger partial charge >= 0.3 is 0 Å². The van der Waals surface area contributed by atoms with Gasteiger partial charge in [0.25, 0.3) is 5.91 Å². The lowest BCUT2D eigenvalue weighted by Crippen LogP contribution is -2.19. The van der Waals surface area contributed by atoms with E-state index in [4.69, 9.17) is 19.5 Å². The van der Waals surface area contributed by atoms with E-state index in [-0.39, 0.29) is 12.5 Å². The van der Waals surface area contributed by atoms with Crippen LogP contribution in [0.25, 0.3) is 6.08 Å². The zero-order valence-electron chi connectivity index (χ0n) is 15.3. The predicted molar refractivity (Wildman–Crippen MR) is 108 cm³/mol. The molecule has 0 atom stereocenters. The van der Waals surface area contributed by atoms with Crippen LogP contribution in [0.15, 0.2) is 52.4 Å². The van der Waals surface area contributed by atoms with Crippen LogP contribution in [0.1, 0.15) is 5.56 Å². The molecule has 8 heteroatoms. The smallest absolute Gasteiger partial charge is 0.264 e. The second-order valence-corrected chi connectivity index (χ2v) is 6.57. The average molecular weight is 395 g/mol. The minimum absolute atomic E-state index is 0.0692. The third-order valence-corrected chi connectivity index (χ3v) is 4.64. The number of methoxy groups -OCH3 is 2. The molecule has 1 saturated heterocycles. The maximum atomic E-state index is 12.2. The van der Waals surface area contributed by atoms with Gasteiger partial charge < -0.3 is 19.5 Å². The number of hydrogen-bond acceptors (Lipinski definition) is 7. The lowest BCUT2D eigenvalue weighted by atomic mass is 10.2. The summed E-state index contributed by atoms with van der Waals surface area (Å²) in [6.45, 7) is -0.0692. The molecule has 1 N–H and O–H groups in total. The Bertz CT molecular complexity index is 978. The van der Waals surface area contributed by atoms with Crippen molar-refractivity contribution in [3.63, 3.8) is 0 Å². The molecule has 0 radical (unpaired) electrons. The number of nitriles is 1. The maximum Gasteiger partial charge on any atom is 0.264 e. The molecule has 0 saturated carbocycles. The Balaban J connectivity index is 1.78. The molecule has 142 valence electrons. The number of aliphatic imine (C=N–C) groups is 1. The molecule has 1 amide bonds. The summed E-state index contributed by atoms with van der Waals surface area (Å²) in [5.41, 5.74) is 1.48. The first-order valence-corrected chi connectivity index (χ1v) is 9.06. The number of thioether (sulfide) groups is 1. The largest absolute Gasteiger partial charge is 0.497 e. The number of ether oxygens (including phenoxy) is 3. The van der Waals surface area contributed by atoms with E-state index >= 15 is 0 Å². The van der Waals surface area contributed by atoms with Crippen LogP contribution in [0.2, 0.25) is 0 Å². The van der Waals surface area contributed by atoms with Crippen LogP contribution < -0.4 is 19.5 Å². The van der Waals surface area contributed by atoms with E-state index in [1.54, 1.807) is 43.5 Å². The first kappa shape index (κ1) is 19.3. The van der Waals surface area contributed by atoms with Crippen molar-refractivity contribution in [1.29, 1.82) is 5.26 Å². The van der Waals surface area contributed by atoms with E-state index in [1.165, 1.54) is 18.9 Å². The van der Waals surface area contributed by atoms with Crippen molar-refractivity contribution in [1.82, 2.24) is 5.32 Å². The van der Waals surface area contributed by atoms with Crippen LogP contribution >= 0.6 is 11.8 Å². The topological polar surface area (TPSA) is 92.9 Å². The van der Waals surface area contributed by atoms with Crippen molar-refractivity contribution < 1.29 is 19.0 Å². The van der Waals surface area contributed by atoms with E-state index in [2.05, 4.69) is 10.3 Å². The fourth-order valence-corrected chi connectivity index (χ4v) is 3.25. The van der Waals surface area contributed by atoms with Crippen molar-refractivity contribution in [2.75, 3.05) is 20.8 Å². The third kappa shape index (κ3) is 4.64. The zero-order chi connectivity index (χ0) is 19.9. The minimum Gasteiger partial charge on any atom is -0.497 e. The highest BCUT2D eigenvalue weighted by Crippen LogP contribution is 2.32. The van der Waals surface area contributed by atoms with Gasteiger partial charge in [-0.15, -0.1) is 0 Å². The number of nitrogens with one attached hydrogen (secondary N) is 1. The normalized spacial score (nSPS) is 16.0. The highest BCUT2D eigenvalue weighted by atomic mass is 32.2. The second-order valence-electron chi connectivity index (χ2n) is 5.54. The Kier molecular flexibility index (Phi) is 6.19. The van der Waals surface area contributed by atoms with Crippen LogP contribution in [0, 0.1) is 11.3 Å². The van der Waals surface area contributed by atoms with Crippen LogP contribution in [-0.4, -0.2) is 31.9 Å². The number of carbonyl (C=O) groups is 1. The monoisotopic (exact) mass is 395 g/mol. The van der Waals surface area contributed by atoms with Crippen molar-refractivity contribution in [3.8, 4) is 23.3 Å². The van der Waals surface area contributed by atoms with Crippen molar-refractivity contribution >= 4 is 34.6 Å². The average Bonchev–Trinajstić information content (AvgIpc) is 3.06. The van der Waals surface area contributed by atoms with E-state index in [0.717, 1.165) is 11.3 Å². The van der Waals surface area contributed by atoms with Crippen LogP contribution in [0.4, 0.5) is 5.69 Å². The van der Waals surface area contributed by atoms with Gasteiger partial charge in [0.05, 0.1) is 24.8 Å². The number of amidine groups is 1. The number of hydrogen-bond donors (Lipinski definition) is 1. The van der Waals surface area contributed by atoms with Gasteiger partial charge in [0.2, 0.25) is 0 Å². The fourth-order valence-electron chi connectivity index (χ4n) is 2.41. The SMILES string of the molecule is COc1ccc(N=C2NC(=O)/C(=C/c3ccc(OCC#N)c(OC)c3)S2)cc1. The Hall–Kier alpha value is -3.44. The molecule has 1 aliphatic heterocycles. The number of amides is 1. The van der Waals surface area contributed by atoms with Crippen LogP contribution in [0.3, 0.4) is 0 Å². The Morgan fingerprint density at radius 2 is 1.93 bits per heavy atom. The summed E-state index contributed by atoms with van der Waals surface area (Å²) < 4.78 is 15.7. The minimum atomic E-state index is -0.221. The molecule has 1 fully saturated rings. The molecule has 2 aromatic carbocycles. The third-order valence-electron chi connectivity index (χ3n) is 3.73. The van der Waals surface area contributed by atoms with E-state index in [1.807, 2.05) is 18.2 Å². The molecule has 0 spiro atoms. The summed E-state index contributed by atoms with van der Waals surface area (Å²) in [4.78, 5) is 17.2. The first-order valence-electron chi connectivity index (χ1n) is 8.24. The van der Waals surface area contributed by atoms with Crippen molar-refractivity contribution in [2.24, 2.45) is 4.99 Å². The summed E-state index contributed by atoms with van der Waals surface area (Å²) in [6.07, 6.45) is 1.74. The molecule has 1 aliphatic rings. The lowest BCUT2D eigenvalue weighted by Gasteiger charge is -2.08. The number of carbonyl (C=O) groups excluding carboxylic acids is 1. The Morgan fingerprint density at radius 3 is 2.61 bits per heavy atom. The van der Waals surface area contributed by atoms with Crippen LogP contribution in [-0.2, 0) is 4.79 Å². The molecule has 0 aliphatic carbocycles. The second kappa shape index (κ2) is 8.97. The molecule has 7 nitrogen and oxygen atoms in total. The van der Waals surface area contributed by atoms with Gasteiger partial charge in [-0.25, -0.2) is 4.99 Å². The molecular weight excluding hydrogens is 378 g/mol. The molecular formula is C20H17N3O4S. The summed E-state index contributed by atoms with van der Waals surface area (Å²) in [5.74, 6) is 1.47. The number of rotatable bonds is 6. The summed E-state index contributed by atoms with van der Waals surface area (Å²) in [7, 11) is 3.12. The summed E-state index contributed by atoms with van der Waals surface area (Å²) in [6, 6.07) is 14.4. The molecule has 0 aromatic heterocycles. The standard InChI is InChI=1S/C20H17N3O4S/c1-25-15-6-4-14(5-7-15)22-20-23-19(24)18(28-20)12-13-3-8-16(27-10-9-21)17(11-13)26-2/h3-8,11-12H,10H2,1-2H3,(H,22,23,24)/b18-12-. The van der Waals surface area contributed by atoms with Gasteiger partial charge in [0.1, 0.15) is 11.8 Å². The molecule has 28 heavy (non-hydrogen) atoms. The van der Waals surface area contributed by atoms with Gasteiger partial charge in [0.15, 0.2) is 23.3 Å². The highest BCUT2D eigenvalue weighted by molar-refractivity contribution is 8.18. The van der Waals surface area contributed by atoms with E-state index in [9.17, 15) is 4.79 Å². The number of nitrogens with zero attached hydrogens (tertiary/aromatic N) is 2. The van der Waals surface area contributed by atoms with Gasteiger partial charge in [-0.1, -0.05) is 6.07 Å². The summed E-state index contributed by atoms with van der Waals surface area (Å²) in [5, 5.41) is 11.9. The zero-order valence-corrected chi connectivity index (χ0v) is 16.1. The lowest BCUT2D eigenvalue weighted by molar-refractivity contribution is -0.115.